The van der Waals surface area contributed by atoms with Gasteiger partial charge in [-0.1, -0.05) is 96.8 Å². The highest BCUT2D eigenvalue weighted by Crippen LogP contribution is 2.13. The number of rotatable bonds is 16. The molecule has 0 saturated heterocycles. The normalized spacial score (nSPS) is 10.8. The second-order valence-electron chi connectivity index (χ2n) is 6.33. The van der Waals surface area contributed by atoms with Crippen LogP contribution in [0.15, 0.2) is 0 Å². The Hall–Kier alpha value is -0.530. The smallest absolute Gasteiger partial charge is 0.180 e. The van der Waals surface area contributed by atoms with Crippen molar-refractivity contribution in [3.8, 4) is 0 Å². The quantitative estimate of drug-likeness (QED) is 0.188. The molecular weight excluding hydrogens is 258 g/mol. The fraction of sp³-hybridized carbons (Fsp3) is 0.947. The van der Waals surface area contributed by atoms with E-state index < -0.39 is 0 Å². The van der Waals surface area contributed by atoms with Gasteiger partial charge in [-0.25, -0.2) is 0 Å². The van der Waals surface area contributed by atoms with Gasteiger partial charge in [-0.15, -0.1) is 0 Å². The van der Waals surface area contributed by atoms with Crippen molar-refractivity contribution >= 4 is 5.90 Å². The standard InChI is InChI=1S/C19H39NO/c1-3-4-5-6-7-8-9-10-11-12-13-14-15-16-17-18-19(20)21-2/h20H,3-18H2,1-2H3. The van der Waals surface area contributed by atoms with Crippen molar-refractivity contribution in [2.75, 3.05) is 7.11 Å². The molecule has 0 bridgehead atoms. The lowest BCUT2D eigenvalue weighted by molar-refractivity contribution is 0.382. The van der Waals surface area contributed by atoms with Crippen LogP contribution in [0.2, 0.25) is 0 Å². The molecule has 2 heteroatoms. The van der Waals surface area contributed by atoms with Gasteiger partial charge in [0.25, 0.3) is 0 Å². The van der Waals surface area contributed by atoms with Crippen molar-refractivity contribution in [1.82, 2.24) is 0 Å². The van der Waals surface area contributed by atoms with Crippen LogP contribution in [0.3, 0.4) is 0 Å². The molecule has 0 radical (unpaired) electrons. The molecule has 0 aliphatic rings. The molecule has 0 amide bonds. The summed E-state index contributed by atoms with van der Waals surface area (Å²) in [7, 11) is 1.59. The van der Waals surface area contributed by atoms with Crippen molar-refractivity contribution in [2.45, 2.75) is 110 Å². The van der Waals surface area contributed by atoms with E-state index in [-0.39, 0.29) is 0 Å². The van der Waals surface area contributed by atoms with Gasteiger partial charge < -0.3 is 4.74 Å². The molecule has 0 aliphatic heterocycles. The first-order chi connectivity index (χ1) is 10.3. The summed E-state index contributed by atoms with van der Waals surface area (Å²) in [5.41, 5.74) is 0. The van der Waals surface area contributed by atoms with Gasteiger partial charge in [0.05, 0.1) is 7.11 Å². The van der Waals surface area contributed by atoms with Gasteiger partial charge in [0.15, 0.2) is 5.90 Å². The van der Waals surface area contributed by atoms with Crippen molar-refractivity contribution in [3.05, 3.63) is 0 Å². The van der Waals surface area contributed by atoms with Crippen LogP contribution >= 0.6 is 0 Å². The largest absolute Gasteiger partial charge is 0.484 e. The fourth-order valence-corrected chi connectivity index (χ4v) is 2.76. The lowest BCUT2D eigenvalue weighted by Crippen LogP contribution is -1.97. The Labute approximate surface area is 133 Å². The number of ether oxygens (including phenoxy) is 1. The number of methoxy groups -OCH3 is 1. The second-order valence-corrected chi connectivity index (χ2v) is 6.33. The Kier molecular flexibility index (Phi) is 17.1. The molecule has 2 nitrogen and oxygen atoms in total. The summed E-state index contributed by atoms with van der Waals surface area (Å²) >= 11 is 0. The first-order valence-corrected chi connectivity index (χ1v) is 9.42. The van der Waals surface area contributed by atoms with Crippen LogP contribution in [0, 0.1) is 5.41 Å². The molecule has 0 saturated carbocycles. The Morgan fingerprint density at radius 3 is 1.29 bits per heavy atom. The van der Waals surface area contributed by atoms with Crippen molar-refractivity contribution < 1.29 is 4.74 Å². The van der Waals surface area contributed by atoms with Crippen LogP contribution in [0.5, 0.6) is 0 Å². The van der Waals surface area contributed by atoms with Crippen molar-refractivity contribution in [2.24, 2.45) is 0 Å². The maximum absolute atomic E-state index is 7.39. The summed E-state index contributed by atoms with van der Waals surface area (Å²) in [6.07, 6.45) is 21.6. The van der Waals surface area contributed by atoms with Gasteiger partial charge >= 0.3 is 0 Å². The zero-order valence-corrected chi connectivity index (χ0v) is 14.7. The summed E-state index contributed by atoms with van der Waals surface area (Å²) in [6, 6.07) is 0. The average molecular weight is 298 g/mol. The third-order valence-electron chi connectivity index (χ3n) is 4.25. The summed E-state index contributed by atoms with van der Waals surface area (Å²) < 4.78 is 4.85. The molecule has 0 heterocycles. The molecule has 1 N–H and O–H groups in total. The Morgan fingerprint density at radius 1 is 0.619 bits per heavy atom. The van der Waals surface area contributed by atoms with Gasteiger partial charge in [0, 0.05) is 6.42 Å². The van der Waals surface area contributed by atoms with Crippen LogP contribution in [-0.2, 0) is 4.74 Å². The minimum absolute atomic E-state index is 0.435. The van der Waals surface area contributed by atoms with E-state index in [0.717, 1.165) is 12.8 Å². The molecule has 0 aromatic rings. The fourth-order valence-electron chi connectivity index (χ4n) is 2.76. The highest BCUT2D eigenvalue weighted by atomic mass is 16.5. The Morgan fingerprint density at radius 2 is 0.952 bits per heavy atom. The van der Waals surface area contributed by atoms with E-state index in [1.165, 1.54) is 89.9 Å². The lowest BCUT2D eigenvalue weighted by Gasteiger charge is -2.04. The monoisotopic (exact) mass is 297 g/mol. The van der Waals surface area contributed by atoms with Gasteiger partial charge in [0.2, 0.25) is 0 Å². The summed E-state index contributed by atoms with van der Waals surface area (Å²) in [6.45, 7) is 2.28. The summed E-state index contributed by atoms with van der Waals surface area (Å²) in [5.74, 6) is 0.435. The van der Waals surface area contributed by atoms with Crippen LogP contribution in [0.4, 0.5) is 0 Å². The van der Waals surface area contributed by atoms with E-state index in [2.05, 4.69) is 6.92 Å². The van der Waals surface area contributed by atoms with Gasteiger partial charge in [-0.2, -0.15) is 0 Å². The molecule has 126 valence electrons. The SMILES string of the molecule is CCCCCCCCCCCCCCCCCC(=N)OC. The number of hydrogen-bond donors (Lipinski definition) is 1. The van der Waals surface area contributed by atoms with Crippen molar-refractivity contribution in [1.29, 1.82) is 5.41 Å². The highest BCUT2D eigenvalue weighted by Gasteiger charge is 1.96. The lowest BCUT2D eigenvalue weighted by atomic mass is 10.0. The number of hydrogen-bond acceptors (Lipinski definition) is 2. The van der Waals surface area contributed by atoms with Gasteiger partial charge in [0.1, 0.15) is 0 Å². The van der Waals surface area contributed by atoms with Crippen LogP contribution in [0.25, 0.3) is 0 Å². The van der Waals surface area contributed by atoms with E-state index in [9.17, 15) is 0 Å². The minimum Gasteiger partial charge on any atom is -0.484 e. The zero-order chi connectivity index (χ0) is 15.6. The molecule has 0 rings (SSSR count). The molecule has 0 fully saturated rings. The van der Waals surface area contributed by atoms with E-state index in [1.54, 1.807) is 7.11 Å². The molecule has 0 aliphatic carbocycles. The van der Waals surface area contributed by atoms with Crippen LogP contribution in [-0.4, -0.2) is 13.0 Å². The average Bonchev–Trinajstić information content (AvgIpc) is 2.50. The third kappa shape index (κ3) is 17.4. The molecule has 0 aromatic heterocycles. The zero-order valence-electron chi connectivity index (χ0n) is 14.7. The van der Waals surface area contributed by atoms with E-state index in [4.69, 9.17) is 10.1 Å². The van der Waals surface area contributed by atoms with E-state index >= 15 is 0 Å². The van der Waals surface area contributed by atoms with Crippen LogP contribution < -0.4 is 0 Å². The summed E-state index contributed by atoms with van der Waals surface area (Å²) in [4.78, 5) is 0. The molecule has 0 aromatic carbocycles. The van der Waals surface area contributed by atoms with E-state index in [1.807, 2.05) is 0 Å². The molecule has 0 spiro atoms. The molecule has 21 heavy (non-hydrogen) atoms. The molecule has 0 unspecified atom stereocenters. The van der Waals surface area contributed by atoms with Crippen molar-refractivity contribution in [3.63, 3.8) is 0 Å². The van der Waals surface area contributed by atoms with Gasteiger partial charge in [-0.05, 0) is 6.42 Å². The van der Waals surface area contributed by atoms with Crippen LogP contribution in [0.1, 0.15) is 110 Å². The molecule has 0 atom stereocenters. The van der Waals surface area contributed by atoms with E-state index in [0.29, 0.717) is 5.90 Å². The maximum atomic E-state index is 7.39. The summed E-state index contributed by atoms with van der Waals surface area (Å²) in [5, 5.41) is 7.39. The maximum Gasteiger partial charge on any atom is 0.180 e. The predicted octanol–water partition coefficient (Wildman–Crippen LogP) is 6.87. The first-order valence-electron chi connectivity index (χ1n) is 9.42. The third-order valence-corrected chi connectivity index (χ3v) is 4.25. The minimum atomic E-state index is 0.435. The Bertz CT molecular complexity index is 216. The number of nitrogens with one attached hydrogen (secondary N) is 1. The Balaban J connectivity index is 2.98. The first kappa shape index (κ1) is 20.5. The number of unbranched alkanes of at least 4 members (excludes halogenated alkanes) is 14. The topological polar surface area (TPSA) is 33.1 Å². The highest BCUT2D eigenvalue weighted by molar-refractivity contribution is 5.72. The van der Waals surface area contributed by atoms with Gasteiger partial charge in [-0.3, -0.25) is 5.41 Å². The second kappa shape index (κ2) is 17.5. The predicted molar refractivity (Wildman–Crippen MR) is 94.3 cm³/mol. The molecular formula is C19H39NO.